The maximum absolute atomic E-state index is 12.6. The summed E-state index contributed by atoms with van der Waals surface area (Å²) in [6, 6.07) is 4.56. The molecule has 3 aliphatic rings. The van der Waals surface area contributed by atoms with Crippen molar-refractivity contribution in [2.45, 2.75) is 69.5 Å². The number of nitrogens with one attached hydrogen (secondary N) is 1. The van der Waals surface area contributed by atoms with Crippen LogP contribution < -0.4 is 10.2 Å². The van der Waals surface area contributed by atoms with E-state index < -0.39 is 6.09 Å². The highest BCUT2D eigenvalue weighted by atomic mass is 16.4. The van der Waals surface area contributed by atoms with Crippen molar-refractivity contribution in [1.82, 2.24) is 15.2 Å². The van der Waals surface area contributed by atoms with E-state index in [1.54, 1.807) is 6.20 Å². The Labute approximate surface area is 172 Å². The van der Waals surface area contributed by atoms with Gasteiger partial charge < -0.3 is 20.2 Å². The summed E-state index contributed by atoms with van der Waals surface area (Å²) in [5, 5.41) is 11.6. The molecular weight excluding hydrogens is 368 g/mol. The average Bonchev–Trinajstić information content (AvgIpc) is 2.97. The maximum Gasteiger partial charge on any atom is 0.404 e. The zero-order chi connectivity index (χ0) is 20.4. The Morgan fingerprint density at radius 2 is 1.83 bits per heavy atom. The van der Waals surface area contributed by atoms with Gasteiger partial charge in [-0.15, -0.1) is 0 Å². The first-order valence-electron chi connectivity index (χ1n) is 10.9. The number of Topliss-reactive ketones (excluding diaryl/α,β-unsaturated/α-hetero) is 1. The van der Waals surface area contributed by atoms with Crippen molar-refractivity contribution in [3.8, 4) is 0 Å². The number of hydrogen-bond acceptors (Lipinski definition) is 5. The zero-order valence-electron chi connectivity index (χ0n) is 17.2. The molecule has 2 bridgehead atoms. The number of rotatable bonds is 6. The Morgan fingerprint density at radius 1 is 1.14 bits per heavy atom. The summed E-state index contributed by atoms with van der Waals surface area (Å²) < 4.78 is 0. The Balaban J connectivity index is 1.32. The molecule has 0 aliphatic carbocycles. The van der Waals surface area contributed by atoms with E-state index >= 15 is 0 Å². The minimum atomic E-state index is -0.941. The van der Waals surface area contributed by atoms with Gasteiger partial charge in [-0.2, -0.15) is 0 Å². The van der Waals surface area contributed by atoms with E-state index in [1.807, 2.05) is 12.1 Å². The SMILES string of the molecule is CN1CCC(CCC(=O)c2ccc(N3[C@@H]4CC[C@H]3C[C@@H](NC(=O)O)C4)nc2)CC1. The Morgan fingerprint density at radius 3 is 2.41 bits per heavy atom. The number of pyridine rings is 1. The van der Waals surface area contributed by atoms with Gasteiger partial charge in [0.2, 0.25) is 0 Å². The summed E-state index contributed by atoms with van der Waals surface area (Å²) in [5.41, 5.74) is 0.705. The van der Waals surface area contributed by atoms with Crippen LogP contribution >= 0.6 is 0 Å². The summed E-state index contributed by atoms with van der Waals surface area (Å²) in [6.07, 6.45) is 8.53. The molecule has 0 spiro atoms. The minimum absolute atomic E-state index is 0.0293. The van der Waals surface area contributed by atoms with Gasteiger partial charge in [0.05, 0.1) is 0 Å². The van der Waals surface area contributed by atoms with Gasteiger partial charge in [-0.05, 0) is 83.1 Å². The number of fused-ring (bicyclic) bond motifs is 2. The molecule has 158 valence electrons. The minimum Gasteiger partial charge on any atom is -0.465 e. The molecule has 1 aromatic heterocycles. The Kier molecular flexibility index (Phi) is 6.04. The number of piperidine rings is 2. The first-order chi connectivity index (χ1) is 14.0. The number of aromatic nitrogens is 1. The molecule has 1 amide bonds. The first-order valence-corrected chi connectivity index (χ1v) is 10.9. The van der Waals surface area contributed by atoms with Crippen LogP contribution in [-0.2, 0) is 0 Å². The molecule has 7 heteroatoms. The largest absolute Gasteiger partial charge is 0.465 e. The molecule has 0 unspecified atom stereocenters. The molecule has 4 rings (SSSR count). The van der Waals surface area contributed by atoms with Gasteiger partial charge in [-0.3, -0.25) is 4.79 Å². The molecule has 0 aromatic carbocycles. The molecule has 3 fully saturated rings. The topological polar surface area (TPSA) is 85.8 Å². The van der Waals surface area contributed by atoms with Crippen molar-refractivity contribution >= 4 is 17.7 Å². The molecular formula is C22H32N4O3. The third kappa shape index (κ3) is 4.71. The lowest BCUT2D eigenvalue weighted by Crippen LogP contribution is -2.50. The molecule has 3 saturated heterocycles. The Hall–Kier alpha value is -2.15. The predicted molar refractivity (Wildman–Crippen MR) is 111 cm³/mol. The van der Waals surface area contributed by atoms with E-state index in [2.05, 4.69) is 27.1 Å². The predicted octanol–water partition coefficient (Wildman–Crippen LogP) is 3.15. The summed E-state index contributed by atoms with van der Waals surface area (Å²) >= 11 is 0. The van der Waals surface area contributed by atoms with Crippen LogP contribution in [0.1, 0.15) is 61.7 Å². The number of nitrogens with zero attached hydrogens (tertiary/aromatic N) is 3. The Bertz CT molecular complexity index is 716. The monoisotopic (exact) mass is 400 g/mol. The van der Waals surface area contributed by atoms with Crippen LogP contribution in [0.5, 0.6) is 0 Å². The van der Waals surface area contributed by atoms with E-state index in [0.717, 1.165) is 51.0 Å². The maximum atomic E-state index is 12.6. The number of anilines is 1. The summed E-state index contributed by atoms with van der Waals surface area (Å²) in [7, 11) is 2.16. The first kappa shape index (κ1) is 20.1. The fourth-order valence-corrected chi connectivity index (χ4v) is 5.38. The van der Waals surface area contributed by atoms with E-state index in [9.17, 15) is 9.59 Å². The number of hydrogen-bond donors (Lipinski definition) is 2. The van der Waals surface area contributed by atoms with Crippen molar-refractivity contribution in [1.29, 1.82) is 0 Å². The normalized spacial score (nSPS) is 27.8. The fourth-order valence-electron chi connectivity index (χ4n) is 5.38. The van der Waals surface area contributed by atoms with E-state index in [-0.39, 0.29) is 11.8 Å². The second kappa shape index (κ2) is 8.69. The van der Waals surface area contributed by atoms with Crippen LogP contribution in [0.4, 0.5) is 10.6 Å². The van der Waals surface area contributed by atoms with Crippen molar-refractivity contribution in [2.75, 3.05) is 25.0 Å². The molecule has 0 saturated carbocycles. The van der Waals surface area contributed by atoms with Gasteiger partial charge in [0.1, 0.15) is 5.82 Å². The number of carbonyl (C=O) groups is 2. The van der Waals surface area contributed by atoms with Crippen molar-refractivity contribution < 1.29 is 14.7 Å². The lowest BCUT2D eigenvalue weighted by atomic mass is 9.91. The molecule has 3 aliphatic heterocycles. The van der Waals surface area contributed by atoms with Crippen LogP contribution in [-0.4, -0.2) is 65.1 Å². The summed E-state index contributed by atoms with van der Waals surface area (Å²) in [5.74, 6) is 1.77. The van der Waals surface area contributed by atoms with Gasteiger partial charge >= 0.3 is 6.09 Å². The third-order valence-corrected chi connectivity index (χ3v) is 7.01. The van der Waals surface area contributed by atoms with Crippen molar-refractivity contribution in [3.63, 3.8) is 0 Å². The number of ketones is 1. The van der Waals surface area contributed by atoms with E-state index in [1.165, 1.54) is 12.8 Å². The lowest BCUT2D eigenvalue weighted by Gasteiger charge is -2.39. The van der Waals surface area contributed by atoms with Gasteiger partial charge in [-0.1, -0.05) is 0 Å². The second-order valence-corrected chi connectivity index (χ2v) is 9.02. The van der Waals surface area contributed by atoms with Gasteiger partial charge in [0.15, 0.2) is 5.78 Å². The van der Waals surface area contributed by atoms with Crippen LogP contribution in [0.15, 0.2) is 18.3 Å². The third-order valence-electron chi connectivity index (χ3n) is 7.01. The number of likely N-dealkylation sites (tertiary alicyclic amines) is 1. The summed E-state index contributed by atoms with van der Waals surface area (Å²) in [4.78, 5) is 32.9. The number of amides is 1. The fraction of sp³-hybridized carbons (Fsp3) is 0.682. The lowest BCUT2D eigenvalue weighted by molar-refractivity contribution is 0.0965. The highest BCUT2D eigenvalue weighted by Crippen LogP contribution is 2.38. The molecule has 1 aromatic rings. The average molecular weight is 401 g/mol. The van der Waals surface area contributed by atoms with Crippen molar-refractivity contribution in [3.05, 3.63) is 23.9 Å². The second-order valence-electron chi connectivity index (χ2n) is 9.02. The van der Waals surface area contributed by atoms with Crippen molar-refractivity contribution in [2.24, 2.45) is 5.92 Å². The smallest absolute Gasteiger partial charge is 0.404 e. The van der Waals surface area contributed by atoms with Gasteiger partial charge in [-0.25, -0.2) is 9.78 Å². The zero-order valence-corrected chi connectivity index (χ0v) is 17.2. The van der Waals surface area contributed by atoms with Crippen LogP contribution in [0, 0.1) is 5.92 Å². The highest BCUT2D eigenvalue weighted by molar-refractivity contribution is 5.95. The molecule has 3 atom stereocenters. The highest BCUT2D eigenvalue weighted by Gasteiger charge is 2.41. The molecule has 4 heterocycles. The molecule has 0 radical (unpaired) electrons. The van der Waals surface area contributed by atoms with Crippen LogP contribution in [0.3, 0.4) is 0 Å². The van der Waals surface area contributed by atoms with Gasteiger partial charge in [0.25, 0.3) is 0 Å². The summed E-state index contributed by atoms with van der Waals surface area (Å²) in [6.45, 7) is 2.27. The molecule has 7 nitrogen and oxygen atoms in total. The molecule has 29 heavy (non-hydrogen) atoms. The van der Waals surface area contributed by atoms with Gasteiger partial charge in [0, 0.05) is 36.3 Å². The molecule has 2 N–H and O–H groups in total. The van der Waals surface area contributed by atoms with E-state index in [0.29, 0.717) is 30.0 Å². The van der Waals surface area contributed by atoms with Crippen LogP contribution in [0.25, 0.3) is 0 Å². The van der Waals surface area contributed by atoms with E-state index in [4.69, 9.17) is 5.11 Å². The number of carboxylic acid groups (broad SMARTS) is 1. The number of carbonyl (C=O) groups excluding carboxylic acids is 1. The quantitative estimate of drug-likeness (QED) is 0.714. The van der Waals surface area contributed by atoms with Crippen LogP contribution in [0.2, 0.25) is 0 Å². The standard InChI is InChI=1S/C22H32N4O3/c1-25-10-8-15(9-11-25)2-6-20(27)16-3-7-21(23-14-16)26-18-4-5-19(26)13-17(12-18)24-22(28)29/h3,7,14-15,17-19,24H,2,4-6,8-13H2,1H3,(H,28,29)/t17-,18+,19-.